The minimum Gasteiger partial charge on any atom is -0.480 e. The Labute approximate surface area is 106 Å². The molecule has 0 bridgehead atoms. The number of pyridine rings is 1. The summed E-state index contributed by atoms with van der Waals surface area (Å²) in [4.78, 5) is 14.7. The molecule has 5 nitrogen and oxygen atoms in total. The standard InChI is InChI=1S/C13H19NO4/c1-3-4-5-10-6-11(7-15)14-9(2)13(10)18-8-12(16)17/h6,15H,3-5,7-8H2,1-2H3,(H,16,17). The average molecular weight is 253 g/mol. The highest BCUT2D eigenvalue weighted by molar-refractivity contribution is 5.68. The molecular formula is C13H19NO4. The van der Waals surface area contributed by atoms with Crippen LogP contribution >= 0.6 is 0 Å². The fourth-order valence-corrected chi connectivity index (χ4v) is 1.76. The number of aliphatic carboxylic acids is 1. The van der Waals surface area contributed by atoms with E-state index >= 15 is 0 Å². The van der Waals surface area contributed by atoms with Gasteiger partial charge in [0, 0.05) is 0 Å². The summed E-state index contributed by atoms with van der Waals surface area (Å²) in [5.41, 5.74) is 2.12. The molecule has 0 saturated heterocycles. The van der Waals surface area contributed by atoms with Crippen LogP contribution < -0.4 is 4.74 Å². The van der Waals surface area contributed by atoms with Crippen LogP contribution in [-0.4, -0.2) is 27.8 Å². The van der Waals surface area contributed by atoms with Gasteiger partial charge >= 0.3 is 5.97 Å². The van der Waals surface area contributed by atoms with Crippen LogP contribution in [-0.2, 0) is 17.8 Å². The van der Waals surface area contributed by atoms with E-state index in [4.69, 9.17) is 14.9 Å². The third kappa shape index (κ3) is 4.00. The Hall–Kier alpha value is -1.62. The molecule has 0 saturated carbocycles. The number of carboxylic acids is 1. The summed E-state index contributed by atoms with van der Waals surface area (Å²) < 4.78 is 5.28. The molecule has 0 fully saturated rings. The predicted octanol–water partition coefficient (Wildman–Crippen LogP) is 1.69. The molecule has 0 aliphatic carbocycles. The number of carboxylic acid groups (broad SMARTS) is 1. The first-order valence-corrected chi connectivity index (χ1v) is 6.03. The number of ether oxygens (including phenoxy) is 1. The Morgan fingerprint density at radius 2 is 2.22 bits per heavy atom. The topological polar surface area (TPSA) is 79.7 Å². The summed E-state index contributed by atoms with van der Waals surface area (Å²) in [5.74, 6) is -0.481. The average Bonchev–Trinajstić information content (AvgIpc) is 2.34. The van der Waals surface area contributed by atoms with Gasteiger partial charge in [0.15, 0.2) is 6.61 Å². The number of aliphatic hydroxyl groups excluding tert-OH is 1. The van der Waals surface area contributed by atoms with Gasteiger partial charge < -0.3 is 14.9 Å². The maximum atomic E-state index is 10.5. The van der Waals surface area contributed by atoms with Gasteiger partial charge in [0.05, 0.1) is 18.0 Å². The number of hydrogen-bond donors (Lipinski definition) is 2. The van der Waals surface area contributed by atoms with Crippen molar-refractivity contribution >= 4 is 5.97 Å². The predicted molar refractivity (Wildman–Crippen MR) is 66.6 cm³/mol. The van der Waals surface area contributed by atoms with Gasteiger partial charge in [-0.15, -0.1) is 0 Å². The van der Waals surface area contributed by atoms with Gasteiger partial charge in [0.2, 0.25) is 0 Å². The Kier molecular flexibility index (Phi) is 5.58. The van der Waals surface area contributed by atoms with Crippen molar-refractivity contribution in [2.75, 3.05) is 6.61 Å². The first-order chi connectivity index (χ1) is 8.58. The van der Waals surface area contributed by atoms with E-state index in [0.29, 0.717) is 17.1 Å². The molecule has 18 heavy (non-hydrogen) atoms. The molecule has 0 atom stereocenters. The van der Waals surface area contributed by atoms with E-state index in [2.05, 4.69) is 11.9 Å². The molecule has 0 aliphatic rings. The Morgan fingerprint density at radius 3 is 2.78 bits per heavy atom. The van der Waals surface area contributed by atoms with E-state index < -0.39 is 5.97 Å². The molecule has 100 valence electrons. The molecule has 0 aliphatic heterocycles. The summed E-state index contributed by atoms with van der Waals surface area (Å²) >= 11 is 0. The smallest absolute Gasteiger partial charge is 0.341 e. The maximum Gasteiger partial charge on any atom is 0.341 e. The van der Waals surface area contributed by atoms with Crippen molar-refractivity contribution in [1.82, 2.24) is 4.98 Å². The summed E-state index contributed by atoms with van der Waals surface area (Å²) in [6.45, 7) is 3.34. The van der Waals surface area contributed by atoms with Gasteiger partial charge in [-0.2, -0.15) is 0 Å². The van der Waals surface area contributed by atoms with Crippen LogP contribution in [0.1, 0.15) is 36.7 Å². The highest BCUT2D eigenvalue weighted by Crippen LogP contribution is 2.25. The molecule has 5 heteroatoms. The first kappa shape index (κ1) is 14.4. The van der Waals surface area contributed by atoms with E-state index in [1.807, 2.05) is 0 Å². The highest BCUT2D eigenvalue weighted by atomic mass is 16.5. The van der Waals surface area contributed by atoms with Crippen LogP contribution in [0.3, 0.4) is 0 Å². The lowest BCUT2D eigenvalue weighted by Gasteiger charge is -2.13. The minimum atomic E-state index is -1.01. The van der Waals surface area contributed by atoms with Crippen LogP contribution in [0.4, 0.5) is 0 Å². The zero-order valence-electron chi connectivity index (χ0n) is 10.8. The molecule has 1 heterocycles. The monoisotopic (exact) mass is 253 g/mol. The molecule has 1 aromatic heterocycles. The van der Waals surface area contributed by atoms with Gasteiger partial charge in [-0.3, -0.25) is 4.98 Å². The van der Waals surface area contributed by atoms with Gasteiger partial charge in [0.25, 0.3) is 0 Å². The zero-order valence-corrected chi connectivity index (χ0v) is 10.8. The second-order valence-electron chi connectivity index (χ2n) is 4.13. The molecule has 0 aromatic carbocycles. The molecular weight excluding hydrogens is 234 g/mol. The Bertz CT molecular complexity index is 418. The SMILES string of the molecule is CCCCc1cc(CO)nc(C)c1OCC(=O)O. The van der Waals surface area contributed by atoms with Gasteiger partial charge in [-0.1, -0.05) is 13.3 Å². The number of nitrogens with zero attached hydrogens (tertiary/aromatic N) is 1. The normalized spacial score (nSPS) is 10.4. The lowest BCUT2D eigenvalue weighted by Crippen LogP contribution is -2.12. The fraction of sp³-hybridized carbons (Fsp3) is 0.538. The van der Waals surface area contributed by atoms with Crippen molar-refractivity contribution < 1.29 is 19.7 Å². The second-order valence-corrected chi connectivity index (χ2v) is 4.13. The fourth-order valence-electron chi connectivity index (χ4n) is 1.76. The van der Waals surface area contributed by atoms with E-state index in [1.54, 1.807) is 13.0 Å². The van der Waals surface area contributed by atoms with Gasteiger partial charge in [-0.25, -0.2) is 4.79 Å². The van der Waals surface area contributed by atoms with Crippen LogP contribution in [0.15, 0.2) is 6.07 Å². The van der Waals surface area contributed by atoms with Crippen molar-refractivity contribution in [3.63, 3.8) is 0 Å². The number of aliphatic hydroxyl groups is 1. The summed E-state index contributed by atoms with van der Waals surface area (Å²) in [5, 5.41) is 17.8. The number of hydrogen-bond acceptors (Lipinski definition) is 4. The van der Waals surface area contributed by atoms with Crippen LogP contribution in [0.2, 0.25) is 0 Å². The molecule has 0 amide bonds. The Morgan fingerprint density at radius 1 is 1.50 bits per heavy atom. The van der Waals surface area contributed by atoms with Gasteiger partial charge in [-0.05, 0) is 31.4 Å². The van der Waals surface area contributed by atoms with Crippen molar-refractivity contribution in [1.29, 1.82) is 0 Å². The van der Waals surface area contributed by atoms with E-state index in [-0.39, 0.29) is 13.2 Å². The number of aromatic nitrogens is 1. The third-order valence-corrected chi connectivity index (χ3v) is 2.57. The molecule has 2 N–H and O–H groups in total. The van der Waals surface area contributed by atoms with Crippen molar-refractivity contribution in [3.05, 3.63) is 23.0 Å². The number of unbranched alkanes of at least 4 members (excludes halogenated alkanes) is 1. The zero-order chi connectivity index (χ0) is 13.5. The second kappa shape index (κ2) is 6.96. The minimum absolute atomic E-state index is 0.126. The van der Waals surface area contributed by atoms with E-state index in [9.17, 15) is 4.79 Å². The number of rotatable bonds is 7. The summed E-state index contributed by atoms with van der Waals surface area (Å²) in [6, 6.07) is 1.78. The summed E-state index contributed by atoms with van der Waals surface area (Å²) in [7, 11) is 0. The van der Waals surface area contributed by atoms with Crippen molar-refractivity contribution in [3.8, 4) is 5.75 Å². The van der Waals surface area contributed by atoms with Crippen molar-refractivity contribution in [2.24, 2.45) is 0 Å². The largest absolute Gasteiger partial charge is 0.480 e. The number of aryl methyl sites for hydroxylation is 2. The lowest BCUT2D eigenvalue weighted by atomic mass is 10.1. The Balaban J connectivity index is 2.99. The van der Waals surface area contributed by atoms with Crippen molar-refractivity contribution in [2.45, 2.75) is 39.7 Å². The lowest BCUT2D eigenvalue weighted by molar-refractivity contribution is -0.139. The third-order valence-electron chi connectivity index (χ3n) is 2.57. The quantitative estimate of drug-likeness (QED) is 0.773. The molecule has 0 spiro atoms. The van der Waals surface area contributed by atoms with Crippen LogP contribution in [0.5, 0.6) is 5.75 Å². The summed E-state index contributed by atoms with van der Waals surface area (Å²) in [6.07, 6.45) is 2.81. The highest BCUT2D eigenvalue weighted by Gasteiger charge is 2.12. The molecule has 1 rings (SSSR count). The molecule has 0 unspecified atom stereocenters. The van der Waals surface area contributed by atoms with E-state index in [0.717, 1.165) is 24.8 Å². The van der Waals surface area contributed by atoms with Crippen LogP contribution in [0, 0.1) is 6.92 Å². The first-order valence-electron chi connectivity index (χ1n) is 6.03. The molecule has 1 aromatic rings. The maximum absolute atomic E-state index is 10.5. The molecule has 0 radical (unpaired) electrons. The van der Waals surface area contributed by atoms with Crippen LogP contribution in [0.25, 0.3) is 0 Å². The number of carbonyl (C=O) groups is 1. The van der Waals surface area contributed by atoms with Gasteiger partial charge in [0.1, 0.15) is 5.75 Å². The van der Waals surface area contributed by atoms with E-state index in [1.165, 1.54) is 0 Å².